The van der Waals surface area contributed by atoms with Gasteiger partial charge in [-0.25, -0.2) is 0 Å². The number of benzene rings is 1. The number of aryl methyl sites for hydroxylation is 1. The van der Waals surface area contributed by atoms with Crippen LogP contribution in [0, 0.1) is 0 Å². The van der Waals surface area contributed by atoms with E-state index in [2.05, 4.69) is 19.1 Å². The number of pyridine rings is 1. The lowest BCUT2D eigenvalue weighted by molar-refractivity contribution is -0.683. The fraction of sp³-hybridized carbons (Fsp3) is 0.333. The average Bonchev–Trinajstić information content (AvgIpc) is 2.50. The van der Waals surface area contributed by atoms with Crippen molar-refractivity contribution >= 4 is 17.4 Å². The quantitative estimate of drug-likeness (QED) is 0.281. The molecule has 0 radical (unpaired) electrons. The topological polar surface area (TPSA) is 20.9 Å². The highest BCUT2D eigenvalue weighted by Crippen LogP contribution is 2.10. The SMILES string of the molecule is CCCCCc1cc[n+](CC(=O)c2ccc(Cl)cc2)cc1.[I-]. The van der Waals surface area contributed by atoms with Crippen molar-refractivity contribution < 1.29 is 33.3 Å². The minimum absolute atomic E-state index is 0. The van der Waals surface area contributed by atoms with Crippen molar-refractivity contribution in [1.82, 2.24) is 0 Å². The maximum Gasteiger partial charge on any atom is 0.227 e. The summed E-state index contributed by atoms with van der Waals surface area (Å²) in [5.74, 6) is 0.0930. The molecule has 0 spiro atoms. The van der Waals surface area contributed by atoms with Gasteiger partial charge in [-0.2, -0.15) is 4.57 Å². The van der Waals surface area contributed by atoms with Gasteiger partial charge in [-0.15, -0.1) is 0 Å². The third kappa shape index (κ3) is 6.05. The fourth-order valence-corrected chi connectivity index (χ4v) is 2.36. The third-order valence-corrected chi connectivity index (χ3v) is 3.77. The molecule has 0 fully saturated rings. The zero-order valence-corrected chi connectivity index (χ0v) is 15.7. The number of nitrogens with zero attached hydrogens (tertiary/aromatic N) is 1. The van der Waals surface area contributed by atoms with E-state index < -0.39 is 0 Å². The molecule has 1 aromatic carbocycles. The second-order valence-corrected chi connectivity index (χ2v) is 5.70. The smallest absolute Gasteiger partial charge is 0.227 e. The number of ketones is 1. The normalized spacial score (nSPS) is 10.1. The van der Waals surface area contributed by atoms with Crippen LogP contribution in [0.1, 0.15) is 42.1 Å². The van der Waals surface area contributed by atoms with Crippen molar-refractivity contribution in [3.63, 3.8) is 0 Å². The molecule has 0 saturated heterocycles. The van der Waals surface area contributed by atoms with Crippen LogP contribution < -0.4 is 28.5 Å². The maximum absolute atomic E-state index is 12.2. The first-order valence-electron chi connectivity index (χ1n) is 7.46. The predicted molar refractivity (Wildman–Crippen MR) is 85.6 cm³/mol. The van der Waals surface area contributed by atoms with E-state index in [1.54, 1.807) is 24.3 Å². The lowest BCUT2D eigenvalue weighted by Gasteiger charge is -2.01. The number of carbonyl (C=O) groups excluding carboxylic acids is 1. The van der Waals surface area contributed by atoms with Gasteiger partial charge >= 0.3 is 0 Å². The molecule has 4 heteroatoms. The van der Waals surface area contributed by atoms with Gasteiger partial charge in [-0.1, -0.05) is 31.4 Å². The van der Waals surface area contributed by atoms with Crippen LogP contribution in [0.15, 0.2) is 48.8 Å². The van der Waals surface area contributed by atoms with E-state index in [0.29, 0.717) is 17.1 Å². The molecular weight excluding hydrogens is 409 g/mol. The molecule has 0 unspecified atom stereocenters. The van der Waals surface area contributed by atoms with E-state index in [-0.39, 0.29) is 29.8 Å². The van der Waals surface area contributed by atoms with Crippen molar-refractivity contribution in [3.05, 3.63) is 64.9 Å². The first kappa shape index (κ1) is 19.1. The average molecular weight is 430 g/mol. The lowest BCUT2D eigenvalue weighted by atomic mass is 10.1. The van der Waals surface area contributed by atoms with Crippen LogP contribution in [-0.2, 0) is 13.0 Å². The van der Waals surface area contributed by atoms with Crippen LogP contribution in [0.5, 0.6) is 0 Å². The first-order chi connectivity index (χ1) is 10.2. The van der Waals surface area contributed by atoms with Crippen LogP contribution in [0.25, 0.3) is 0 Å². The Morgan fingerprint density at radius 3 is 2.27 bits per heavy atom. The second kappa shape index (κ2) is 9.95. The number of aromatic nitrogens is 1. The summed E-state index contributed by atoms with van der Waals surface area (Å²) in [6, 6.07) is 11.2. The molecular formula is C18H21ClINO. The molecule has 0 saturated carbocycles. The molecule has 0 aliphatic rings. The van der Waals surface area contributed by atoms with Gasteiger partial charge in [0.1, 0.15) is 0 Å². The van der Waals surface area contributed by atoms with Gasteiger partial charge in [0.05, 0.1) is 0 Å². The highest BCUT2D eigenvalue weighted by Gasteiger charge is 2.11. The van der Waals surface area contributed by atoms with Crippen LogP contribution in [0.3, 0.4) is 0 Å². The molecule has 0 bridgehead atoms. The molecule has 2 rings (SSSR count). The van der Waals surface area contributed by atoms with Gasteiger partial charge in [0.15, 0.2) is 12.4 Å². The van der Waals surface area contributed by atoms with Gasteiger partial charge in [-0.3, -0.25) is 4.79 Å². The molecule has 1 heterocycles. The Hall–Kier alpha value is -0.940. The number of halogens is 2. The van der Waals surface area contributed by atoms with Crippen molar-refractivity contribution in [2.45, 2.75) is 39.2 Å². The summed E-state index contributed by atoms with van der Waals surface area (Å²) in [5.41, 5.74) is 2.03. The van der Waals surface area contributed by atoms with Crippen LogP contribution in [0.2, 0.25) is 5.02 Å². The molecule has 118 valence electrons. The second-order valence-electron chi connectivity index (χ2n) is 5.27. The maximum atomic E-state index is 12.2. The van der Waals surface area contributed by atoms with E-state index >= 15 is 0 Å². The highest BCUT2D eigenvalue weighted by atomic mass is 127. The summed E-state index contributed by atoms with van der Waals surface area (Å²) < 4.78 is 1.92. The van der Waals surface area contributed by atoms with Gasteiger partial charge in [0.2, 0.25) is 12.3 Å². The molecule has 2 nitrogen and oxygen atoms in total. The Labute approximate surface area is 154 Å². The molecule has 1 aromatic heterocycles. The number of rotatable bonds is 7. The molecule has 0 amide bonds. The Bertz CT molecular complexity index is 581. The first-order valence-corrected chi connectivity index (χ1v) is 7.83. The van der Waals surface area contributed by atoms with E-state index in [1.165, 1.54) is 24.8 Å². The Kier molecular flexibility index (Phi) is 8.64. The summed E-state index contributed by atoms with van der Waals surface area (Å²) in [7, 11) is 0. The standard InChI is InChI=1S/C18H21ClNO.HI/c1-2-3-4-5-15-10-12-20(13-11-15)14-18(21)16-6-8-17(19)9-7-16;/h6-13H,2-5,14H2,1H3;1H/q+1;/p-1. The van der Waals surface area contributed by atoms with Crippen molar-refractivity contribution in [1.29, 1.82) is 0 Å². The largest absolute Gasteiger partial charge is 1.00 e. The number of carbonyl (C=O) groups is 1. The Balaban J connectivity index is 0.00000242. The highest BCUT2D eigenvalue weighted by molar-refractivity contribution is 6.30. The number of hydrogen-bond donors (Lipinski definition) is 0. The van der Waals surface area contributed by atoms with Gasteiger partial charge < -0.3 is 24.0 Å². The van der Waals surface area contributed by atoms with E-state index in [4.69, 9.17) is 11.6 Å². The van der Waals surface area contributed by atoms with E-state index in [9.17, 15) is 4.79 Å². The molecule has 0 aliphatic heterocycles. The van der Waals surface area contributed by atoms with Crippen LogP contribution >= 0.6 is 11.6 Å². The van der Waals surface area contributed by atoms with E-state index in [1.807, 2.05) is 17.0 Å². The minimum atomic E-state index is 0. The van der Waals surface area contributed by atoms with Crippen molar-refractivity contribution in [3.8, 4) is 0 Å². The van der Waals surface area contributed by atoms with Crippen LogP contribution in [0.4, 0.5) is 0 Å². The molecule has 22 heavy (non-hydrogen) atoms. The van der Waals surface area contributed by atoms with Crippen molar-refractivity contribution in [2.75, 3.05) is 0 Å². The van der Waals surface area contributed by atoms with Crippen molar-refractivity contribution in [2.24, 2.45) is 0 Å². The summed E-state index contributed by atoms with van der Waals surface area (Å²) in [4.78, 5) is 12.2. The predicted octanol–water partition coefficient (Wildman–Crippen LogP) is 1.25. The zero-order valence-electron chi connectivity index (χ0n) is 12.8. The molecule has 2 aromatic rings. The van der Waals surface area contributed by atoms with Gasteiger partial charge in [0.25, 0.3) is 0 Å². The Morgan fingerprint density at radius 2 is 1.68 bits per heavy atom. The Morgan fingerprint density at radius 1 is 1.05 bits per heavy atom. The number of Topliss-reactive ketones (excluding diaryl/α,β-unsaturated/α-hetero) is 1. The number of unbranched alkanes of at least 4 members (excludes halogenated alkanes) is 2. The monoisotopic (exact) mass is 429 g/mol. The van der Waals surface area contributed by atoms with Gasteiger partial charge in [-0.05, 0) is 42.7 Å². The molecule has 0 N–H and O–H groups in total. The lowest BCUT2D eigenvalue weighted by Crippen LogP contribution is -3.00. The summed E-state index contributed by atoms with van der Waals surface area (Å²) in [6.07, 6.45) is 8.81. The van der Waals surface area contributed by atoms with Crippen LogP contribution in [-0.4, -0.2) is 5.78 Å². The summed E-state index contributed by atoms with van der Waals surface area (Å²) >= 11 is 5.83. The third-order valence-electron chi connectivity index (χ3n) is 3.52. The van der Waals surface area contributed by atoms with Gasteiger partial charge in [0, 0.05) is 22.7 Å². The molecule has 0 atom stereocenters. The number of hydrogen-bond acceptors (Lipinski definition) is 1. The fourth-order valence-electron chi connectivity index (χ4n) is 2.23. The zero-order chi connectivity index (χ0) is 15.1. The minimum Gasteiger partial charge on any atom is -1.00 e. The molecule has 0 aliphatic carbocycles. The summed E-state index contributed by atoms with van der Waals surface area (Å²) in [5, 5.41) is 0.649. The summed E-state index contributed by atoms with van der Waals surface area (Å²) in [6.45, 7) is 2.57. The van der Waals surface area contributed by atoms with E-state index in [0.717, 1.165) is 6.42 Å².